The van der Waals surface area contributed by atoms with E-state index in [9.17, 15) is 29.4 Å². The predicted molar refractivity (Wildman–Crippen MR) is 177 cm³/mol. The van der Waals surface area contributed by atoms with Crippen LogP contribution in [0.25, 0.3) is 11.1 Å². The van der Waals surface area contributed by atoms with E-state index in [0.29, 0.717) is 36.6 Å². The van der Waals surface area contributed by atoms with Crippen LogP contribution in [0.4, 0.5) is 4.79 Å². The SMILES string of the molecule is C[C@H](CC1CCCCC1)C(=O)N1CC[C@@](O)(Cn2cc(C(=O)N3CCN(C(=O)O)[C@H](C)C3)c(-c3ccccc3)cc2=O)C(C)(C)C1. The summed E-state index contributed by atoms with van der Waals surface area (Å²) in [7, 11) is 0. The van der Waals surface area contributed by atoms with Crippen molar-refractivity contribution in [3.63, 3.8) is 0 Å². The van der Waals surface area contributed by atoms with Crippen LogP contribution in [0.2, 0.25) is 0 Å². The molecule has 3 fully saturated rings. The predicted octanol–water partition coefficient (Wildman–Crippen LogP) is 4.94. The van der Waals surface area contributed by atoms with Crippen molar-refractivity contribution < 1.29 is 24.6 Å². The van der Waals surface area contributed by atoms with Gasteiger partial charge in [0.2, 0.25) is 5.91 Å². The molecule has 2 aliphatic heterocycles. The summed E-state index contributed by atoms with van der Waals surface area (Å²) in [5, 5.41) is 21.6. The van der Waals surface area contributed by atoms with Crippen molar-refractivity contribution in [2.75, 3.05) is 32.7 Å². The van der Waals surface area contributed by atoms with E-state index in [1.165, 1.54) is 47.6 Å². The molecule has 5 rings (SSSR count). The fourth-order valence-electron chi connectivity index (χ4n) is 7.78. The molecule has 0 unspecified atom stereocenters. The Kier molecular flexibility index (Phi) is 9.96. The van der Waals surface area contributed by atoms with Crippen molar-refractivity contribution in [2.45, 2.75) is 90.8 Å². The molecule has 2 aromatic rings. The summed E-state index contributed by atoms with van der Waals surface area (Å²) in [5.74, 6) is 0.388. The third-order valence-electron chi connectivity index (χ3n) is 10.8. The molecule has 46 heavy (non-hydrogen) atoms. The molecule has 1 saturated carbocycles. The highest BCUT2D eigenvalue weighted by Gasteiger charge is 2.49. The molecule has 0 radical (unpaired) electrons. The van der Waals surface area contributed by atoms with Crippen LogP contribution in [-0.2, 0) is 11.3 Å². The first-order chi connectivity index (χ1) is 21.8. The van der Waals surface area contributed by atoms with Crippen molar-refractivity contribution in [3.8, 4) is 11.1 Å². The minimum atomic E-state index is -1.30. The largest absolute Gasteiger partial charge is 0.465 e. The molecule has 3 atom stereocenters. The van der Waals surface area contributed by atoms with Crippen LogP contribution in [-0.4, -0.2) is 91.8 Å². The number of piperidine rings is 1. The number of rotatable bonds is 7. The van der Waals surface area contributed by atoms with Gasteiger partial charge in [0.1, 0.15) is 0 Å². The van der Waals surface area contributed by atoms with E-state index >= 15 is 0 Å². The summed E-state index contributed by atoms with van der Waals surface area (Å²) in [5.41, 5.74) is -0.790. The molecular formula is C36H50N4O6. The number of hydrogen-bond donors (Lipinski definition) is 2. The summed E-state index contributed by atoms with van der Waals surface area (Å²) < 4.78 is 1.43. The second-order valence-corrected chi connectivity index (χ2v) is 14.6. The Hall–Kier alpha value is -3.66. The zero-order valence-corrected chi connectivity index (χ0v) is 27.8. The lowest BCUT2D eigenvalue weighted by Crippen LogP contribution is -2.61. The van der Waals surface area contributed by atoms with E-state index in [-0.39, 0.29) is 55.5 Å². The molecule has 3 aliphatic rings. The van der Waals surface area contributed by atoms with E-state index < -0.39 is 17.1 Å². The first-order valence-electron chi connectivity index (χ1n) is 16.9. The lowest BCUT2D eigenvalue weighted by atomic mass is 9.69. The second kappa shape index (κ2) is 13.6. The first kappa shape index (κ1) is 33.7. The molecule has 3 heterocycles. The van der Waals surface area contributed by atoms with E-state index in [4.69, 9.17) is 0 Å². The maximum Gasteiger partial charge on any atom is 0.407 e. The minimum Gasteiger partial charge on any atom is -0.465 e. The van der Waals surface area contributed by atoms with Crippen LogP contribution in [0.3, 0.4) is 0 Å². The molecule has 0 bridgehead atoms. The third kappa shape index (κ3) is 7.01. The van der Waals surface area contributed by atoms with Gasteiger partial charge in [-0.15, -0.1) is 0 Å². The highest BCUT2D eigenvalue weighted by molar-refractivity contribution is 6.00. The Morgan fingerprint density at radius 3 is 2.33 bits per heavy atom. The van der Waals surface area contributed by atoms with Crippen molar-refractivity contribution in [2.24, 2.45) is 17.3 Å². The number of benzene rings is 1. The Labute approximate surface area is 272 Å². The number of likely N-dealkylation sites (tertiary alicyclic amines) is 1. The molecule has 10 nitrogen and oxygen atoms in total. The van der Waals surface area contributed by atoms with Crippen molar-refractivity contribution in [1.82, 2.24) is 19.3 Å². The number of amides is 3. The van der Waals surface area contributed by atoms with Crippen LogP contribution < -0.4 is 5.56 Å². The average Bonchev–Trinajstić information content (AvgIpc) is 3.03. The van der Waals surface area contributed by atoms with Crippen molar-refractivity contribution in [1.29, 1.82) is 0 Å². The van der Waals surface area contributed by atoms with Crippen LogP contribution >= 0.6 is 0 Å². The first-order valence-corrected chi connectivity index (χ1v) is 16.9. The number of carbonyl (C=O) groups is 3. The quantitative estimate of drug-likeness (QED) is 0.445. The van der Waals surface area contributed by atoms with E-state index in [1.807, 2.05) is 56.0 Å². The lowest BCUT2D eigenvalue weighted by molar-refractivity contribution is -0.157. The van der Waals surface area contributed by atoms with Crippen molar-refractivity contribution in [3.05, 3.63) is 58.5 Å². The maximum absolute atomic E-state index is 14.0. The van der Waals surface area contributed by atoms with Gasteiger partial charge in [-0.05, 0) is 31.2 Å². The van der Waals surface area contributed by atoms with Crippen LogP contribution in [0.1, 0.15) is 83.0 Å². The second-order valence-electron chi connectivity index (χ2n) is 14.6. The highest BCUT2D eigenvalue weighted by Crippen LogP contribution is 2.41. The molecule has 2 N–H and O–H groups in total. The van der Waals surface area contributed by atoms with Gasteiger partial charge < -0.3 is 29.5 Å². The Bertz CT molecular complexity index is 1480. The summed E-state index contributed by atoms with van der Waals surface area (Å²) in [6.07, 6.45) is 7.93. The minimum absolute atomic E-state index is 0.0168. The maximum atomic E-state index is 14.0. The standard InChI is InChI=1S/C36H50N4O6/c1-25(19-27-11-7-5-8-12-27)32(42)38-16-15-36(46,35(3,4)23-38)24-39-22-30(29(20-31(39)41)28-13-9-6-10-14-28)33(43)37-17-18-40(34(44)45)26(2)21-37/h6,9-10,13-14,20,22,25-27,46H,5,7-8,11-12,15-19,21,23-24H2,1-4H3,(H,44,45)/t25-,26-,36-/m1/s1. The molecule has 250 valence electrons. The Morgan fingerprint density at radius 2 is 1.70 bits per heavy atom. The van der Waals surface area contributed by atoms with Gasteiger partial charge in [0, 0.05) is 67.9 Å². The van der Waals surface area contributed by atoms with Gasteiger partial charge >= 0.3 is 6.09 Å². The number of carboxylic acid groups (broad SMARTS) is 1. The monoisotopic (exact) mass is 634 g/mol. The van der Waals surface area contributed by atoms with Crippen LogP contribution in [0.15, 0.2) is 47.4 Å². The zero-order valence-electron chi connectivity index (χ0n) is 27.8. The molecule has 2 saturated heterocycles. The van der Waals surface area contributed by atoms with Gasteiger partial charge in [0.15, 0.2) is 0 Å². The van der Waals surface area contributed by atoms with E-state index in [1.54, 1.807) is 18.0 Å². The summed E-state index contributed by atoms with van der Waals surface area (Å²) in [6.45, 7) is 9.13. The number of hydrogen-bond acceptors (Lipinski definition) is 5. The third-order valence-corrected chi connectivity index (χ3v) is 10.8. The number of pyridine rings is 1. The summed E-state index contributed by atoms with van der Waals surface area (Å²) in [4.78, 5) is 57.6. The molecule has 10 heteroatoms. The smallest absolute Gasteiger partial charge is 0.407 e. The number of piperazine rings is 1. The highest BCUT2D eigenvalue weighted by atomic mass is 16.4. The van der Waals surface area contributed by atoms with Gasteiger partial charge in [0.05, 0.1) is 17.7 Å². The number of nitrogens with zero attached hydrogens (tertiary/aromatic N) is 4. The van der Waals surface area contributed by atoms with Gasteiger partial charge in [-0.3, -0.25) is 14.4 Å². The Morgan fingerprint density at radius 1 is 1.00 bits per heavy atom. The normalized spacial score (nSPS) is 24.5. The molecule has 3 amide bonds. The topological polar surface area (TPSA) is 123 Å². The van der Waals surface area contributed by atoms with Gasteiger partial charge in [-0.1, -0.05) is 83.2 Å². The molecule has 1 aromatic heterocycles. The fourth-order valence-corrected chi connectivity index (χ4v) is 7.78. The number of aliphatic hydroxyl groups is 1. The average molecular weight is 635 g/mol. The van der Waals surface area contributed by atoms with E-state index in [0.717, 1.165) is 12.0 Å². The zero-order chi connectivity index (χ0) is 33.2. The molecule has 1 aliphatic carbocycles. The summed E-state index contributed by atoms with van der Waals surface area (Å²) in [6, 6.07) is 10.3. The van der Waals surface area contributed by atoms with Crippen LogP contribution in [0.5, 0.6) is 0 Å². The van der Waals surface area contributed by atoms with Gasteiger partial charge in [-0.2, -0.15) is 0 Å². The van der Waals surface area contributed by atoms with Crippen molar-refractivity contribution >= 4 is 17.9 Å². The number of aromatic nitrogens is 1. The lowest BCUT2D eigenvalue weighted by Gasteiger charge is -2.51. The van der Waals surface area contributed by atoms with Gasteiger partial charge in [0.25, 0.3) is 11.5 Å². The Balaban J connectivity index is 1.38. The fraction of sp³-hybridized carbons (Fsp3) is 0.611. The molecule has 1 aromatic carbocycles. The molecule has 0 spiro atoms. The summed E-state index contributed by atoms with van der Waals surface area (Å²) >= 11 is 0. The van der Waals surface area contributed by atoms with Gasteiger partial charge in [-0.25, -0.2) is 4.79 Å². The molecular weight excluding hydrogens is 584 g/mol. The number of carbonyl (C=O) groups excluding carboxylic acids is 2. The van der Waals surface area contributed by atoms with E-state index in [2.05, 4.69) is 0 Å². The van der Waals surface area contributed by atoms with Crippen LogP contribution in [0, 0.1) is 17.3 Å².